The van der Waals surface area contributed by atoms with Gasteiger partial charge in [0.05, 0.1) is 18.8 Å². The molecule has 0 spiro atoms. The number of carbonyl (C=O) groups is 1. The number of alkyl halides is 3. The number of rotatable bonds is 6. The van der Waals surface area contributed by atoms with Crippen LogP contribution in [0, 0.1) is 0 Å². The molecule has 0 saturated heterocycles. The molecule has 0 aliphatic carbocycles. The standard InChI is InChI=1S/C15H15F3N2O2/c16-15(17,18)10-20-13(21)9-19-14(12-7-4-8-22-12)11-5-2-1-3-6-11/h1-8,14,19H,9-10H2,(H,20,21)/t14-/m0/s1. The van der Waals surface area contributed by atoms with Gasteiger partial charge in [0.2, 0.25) is 5.91 Å². The Kier molecular flexibility index (Phi) is 5.21. The zero-order valence-electron chi connectivity index (χ0n) is 11.6. The predicted octanol–water partition coefficient (Wildman–Crippen LogP) is 2.64. The highest BCUT2D eigenvalue weighted by atomic mass is 19.4. The maximum absolute atomic E-state index is 12.1. The van der Waals surface area contributed by atoms with Gasteiger partial charge in [0.1, 0.15) is 12.3 Å². The molecule has 1 aromatic heterocycles. The summed E-state index contributed by atoms with van der Waals surface area (Å²) < 4.78 is 41.5. The van der Waals surface area contributed by atoms with Crippen molar-refractivity contribution in [2.24, 2.45) is 0 Å². The molecule has 118 valence electrons. The number of carbonyl (C=O) groups excluding carboxylic acids is 1. The van der Waals surface area contributed by atoms with E-state index in [1.54, 1.807) is 12.1 Å². The molecule has 0 aliphatic rings. The monoisotopic (exact) mass is 312 g/mol. The van der Waals surface area contributed by atoms with Crippen molar-refractivity contribution in [3.63, 3.8) is 0 Å². The smallest absolute Gasteiger partial charge is 0.405 e. The average molecular weight is 312 g/mol. The summed E-state index contributed by atoms with van der Waals surface area (Å²) >= 11 is 0. The first-order chi connectivity index (χ1) is 10.5. The van der Waals surface area contributed by atoms with Gasteiger partial charge < -0.3 is 9.73 Å². The average Bonchev–Trinajstić information content (AvgIpc) is 3.00. The second-order valence-electron chi connectivity index (χ2n) is 4.63. The van der Waals surface area contributed by atoms with E-state index in [9.17, 15) is 18.0 Å². The molecular weight excluding hydrogens is 297 g/mol. The molecule has 2 N–H and O–H groups in total. The first-order valence-corrected chi connectivity index (χ1v) is 6.61. The van der Waals surface area contributed by atoms with Crippen LogP contribution in [0.3, 0.4) is 0 Å². The molecular formula is C15H15F3N2O2. The van der Waals surface area contributed by atoms with Gasteiger partial charge in [-0.15, -0.1) is 0 Å². The zero-order chi connectivity index (χ0) is 16.0. The fourth-order valence-electron chi connectivity index (χ4n) is 1.94. The van der Waals surface area contributed by atoms with Gasteiger partial charge in [0, 0.05) is 0 Å². The molecule has 1 aromatic carbocycles. The van der Waals surface area contributed by atoms with E-state index in [-0.39, 0.29) is 6.54 Å². The molecule has 0 unspecified atom stereocenters. The number of hydrogen-bond donors (Lipinski definition) is 2. The van der Waals surface area contributed by atoms with E-state index >= 15 is 0 Å². The van der Waals surface area contributed by atoms with Crippen LogP contribution in [0.1, 0.15) is 17.4 Å². The van der Waals surface area contributed by atoms with E-state index in [0.717, 1.165) is 5.56 Å². The molecule has 2 aromatic rings. The Morgan fingerprint density at radius 3 is 2.45 bits per heavy atom. The van der Waals surface area contributed by atoms with Gasteiger partial charge in [-0.3, -0.25) is 10.1 Å². The summed E-state index contributed by atoms with van der Waals surface area (Å²) in [6.07, 6.45) is -2.92. The van der Waals surface area contributed by atoms with Crippen molar-refractivity contribution in [1.82, 2.24) is 10.6 Å². The van der Waals surface area contributed by atoms with Crippen molar-refractivity contribution in [3.05, 3.63) is 60.1 Å². The van der Waals surface area contributed by atoms with Gasteiger partial charge in [0.25, 0.3) is 0 Å². The SMILES string of the molecule is O=C(CN[C@@H](c1ccccc1)c1ccco1)NCC(F)(F)F. The Balaban J connectivity index is 1.98. The minimum Gasteiger partial charge on any atom is -0.467 e. The molecule has 0 aliphatic heterocycles. The third kappa shape index (κ3) is 4.92. The van der Waals surface area contributed by atoms with Gasteiger partial charge >= 0.3 is 6.18 Å². The Morgan fingerprint density at radius 1 is 1.14 bits per heavy atom. The first kappa shape index (κ1) is 16.1. The number of amides is 1. The molecule has 22 heavy (non-hydrogen) atoms. The topological polar surface area (TPSA) is 54.3 Å². The summed E-state index contributed by atoms with van der Waals surface area (Å²) in [5.74, 6) is -0.153. The third-order valence-electron chi connectivity index (χ3n) is 2.91. The lowest BCUT2D eigenvalue weighted by molar-refractivity contribution is -0.137. The lowest BCUT2D eigenvalue weighted by atomic mass is 10.0. The molecule has 0 saturated carbocycles. The maximum Gasteiger partial charge on any atom is 0.405 e. The van der Waals surface area contributed by atoms with Crippen LogP contribution >= 0.6 is 0 Å². The predicted molar refractivity (Wildman–Crippen MR) is 74.1 cm³/mol. The van der Waals surface area contributed by atoms with Crippen LogP contribution in [0.2, 0.25) is 0 Å². The molecule has 1 heterocycles. The quantitative estimate of drug-likeness (QED) is 0.862. The third-order valence-corrected chi connectivity index (χ3v) is 2.91. The highest BCUT2D eigenvalue weighted by Gasteiger charge is 2.27. The number of hydrogen-bond acceptors (Lipinski definition) is 3. The molecule has 1 amide bonds. The molecule has 0 radical (unpaired) electrons. The summed E-state index contributed by atoms with van der Waals surface area (Å²) in [6.45, 7) is -1.60. The van der Waals surface area contributed by atoms with E-state index in [1.165, 1.54) is 6.26 Å². The summed E-state index contributed by atoms with van der Waals surface area (Å²) in [5, 5.41) is 4.72. The minimum absolute atomic E-state index is 0.254. The second-order valence-corrected chi connectivity index (χ2v) is 4.63. The first-order valence-electron chi connectivity index (χ1n) is 6.61. The Morgan fingerprint density at radius 2 is 1.86 bits per heavy atom. The van der Waals surface area contributed by atoms with Gasteiger partial charge in [-0.05, 0) is 17.7 Å². The number of benzene rings is 1. The zero-order valence-corrected chi connectivity index (χ0v) is 11.6. The Bertz CT molecular complexity index is 583. The van der Waals surface area contributed by atoms with E-state index in [0.29, 0.717) is 5.76 Å². The number of halogens is 3. The molecule has 4 nitrogen and oxygen atoms in total. The van der Waals surface area contributed by atoms with Gasteiger partial charge in [-0.2, -0.15) is 13.2 Å². The van der Waals surface area contributed by atoms with Crippen LogP contribution in [-0.4, -0.2) is 25.2 Å². The normalized spacial score (nSPS) is 12.9. The largest absolute Gasteiger partial charge is 0.467 e. The maximum atomic E-state index is 12.1. The second kappa shape index (κ2) is 7.13. The Hall–Kier alpha value is -2.28. The summed E-state index contributed by atoms with van der Waals surface area (Å²) in [7, 11) is 0. The van der Waals surface area contributed by atoms with E-state index in [2.05, 4.69) is 5.32 Å². The number of furan rings is 1. The van der Waals surface area contributed by atoms with Crippen molar-refractivity contribution in [1.29, 1.82) is 0 Å². The summed E-state index contributed by atoms with van der Waals surface area (Å²) in [6, 6.07) is 12.2. The lowest BCUT2D eigenvalue weighted by Crippen LogP contribution is -2.40. The highest BCUT2D eigenvalue weighted by Crippen LogP contribution is 2.22. The van der Waals surface area contributed by atoms with Crippen LogP contribution in [0.15, 0.2) is 53.1 Å². The van der Waals surface area contributed by atoms with Gasteiger partial charge in [0.15, 0.2) is 0 Å². The number of nitrogens with one attached hydrogen (secondary N) is 2. The van der Waals surface area contributed by atoms with Crippen molar-refractivity contribution < 1.29 is 22.4 Å². The van der Waals surface area contributed by atoms with Crippen LogP contribution in [0.25, 0.3) is 0 Å². The van der Waals surface area contributed by atoms with E-state index in [4.69, 9.17) is 4.42 Å². The highest BCUT2D eigenvalue weighted by molar-refractivity contribution is 5.78. The van der Waals surface area contributed by atoms with Crippen molar-refractivity contribution in [3.8, 4) is 0 Å². The lowest BCUT2D eigenvalue weighted by Gasteiger charge is -2.17. The van der Waals surface area contributed by atoms with Crippen molar-refractivity contribution in [2.45, 2.75) is 12.2 Å². The molecule has 0 fully saturated rings. The van der Waals surface area contributed by atoms with Gasteiger partial charge in [-0.1, -0.05) is 30.3 Å². The minimum atomic E-state index is -4.42. The van der Waals surface area contributed by atoms with Crippen LogP contribution < -0.4 is 10.6 Å². The summed E-state index contributed by atoms with van der Waals surface area (Å²) in [4.78, 5) is 11.5. The molecule has 7 heteroatoms. The summed E-state index contributed by atoms with van der Waals surface area (Å²) in [5.41, 5.74) is 0.848. The fraction of sp³-hybridized carbons (Fsp3) is 0.267. The van der Waals surface area contributed by atoms with Crippen molar-refractivity contribution in [2.75, 3.05) is 13.1 Å². The van der Waals surface area contributed by atoms with E-state index in [1.807, 2.05) is 35.6 Å². The fourth-order valence-corrected chi connectivity index (χ4v) is 1.94. The molecule has 1 atom stereocenters. The molecule has 0 bridgehead atoms. The van der Waals surface area contributed by atoms with Crippen LogP contribution in [0.5, 0.6) is 0 Å². The van der Waals surface area contributed by atoms with Crippen molar-refractivity contribution >= 4 is 5.91 Å². The van der Waals surface area contributed by atoms with Crippen LogP contribution in [0.4, 0.5) is 13.2 Å². The van der Waals surface area contributed by atoms with E-state index < -0.39 is 24.7 Å². The molecule has 2 rings (SSSR count). The van der Waals surface area contributed by atoms with Gasteiger partial charge in [-0.25, -0.2) is 0 Å². The Labute approximate surface area is 125 Å². The van der Waals surface area contributed by atoms with Crippen LogP contribution in [-0.2, 0) is 4.79 Å².